The Balaban J connectivity index is 1.53. The van der Waals surface area contributed by atoms with E-state index >= 15 is 0 Å². The standard InChI is InChI=1S/C15H16ClF3N4O2/c16-11-4-1-5-20-13(11)24-9-10-3-2-6-23(7-10)8-12-21-22-14(25-12)15(17,18)19/h1,4-5,10H,2-3,6-9H2. The maximum atomic E-state index is 12.5. The van der Waals surface area contributed by atoms with Crippen molar-refractivity contribution < 1.29 is 22.3 Å². The highest BCUT2D eigenvalue weighted by atomic mass is 35.5. The summed E-state index contributed by atoms with van der Waals surface area (Å²) in [5.74, 6) is -0.754. The van der Waals surface area contributed by atoms with Crippen molar-refractivity contribution in [2.75, 3.05) is 19.7 Å². The lowest BCUT2D eigenvalue weighted by atomic mass is 9.99. The van der Waals surface area contributed by atoms with Gasteiger partial charge in [-0.3, -0.25) is 4.90 Å². The molecule has 6 nitrogen and oxygen atoms in total. The molecule has 0 amide bonds. The van der Waals surface area contributed by atoms with E-state index in [1.54, 1.807) is 18.3 Å². The van der Waals surface area contributed by atoms with E-state index in [1.807, 2.05) is 4.90 Å². The molecule has 0 aromatic carbocycles. The number of hydrogen-bond acceptors (Lipinski definition) is 6. The van der Waals surface area contributed by atoms with Gasteiger partial charge in [-0.05, 0) is 31.5 Å². The summed E-state index contributed by atoms with van der Waals surface area (Å²) in [5.41, 5.74) is 0. The monoisotopic (exact) mass is 376 g/mol. The zero-order chi connectivity index (χ0) is 17.9. The number of piperidine rings is 1. The Kier molecular flexibility index (Phi) is 5.43. The molecular weight excluding hydrogens is 361 g/mol. The summed E-state index contributed by atoms with van der Waals surface area (Å²) < 4.78 is 47.8. The van der Waals surface area contributed by atoms with Crippen LogP contribution < -0.4 is 4.74 Å². The summed E-state index contributed by atoms with van der Waals surface area (Å²) in [7, 11) is 0. The molecule has 25 heavy (non-hydrogen) atoms. The molecule has 0 radical (unpaired) electrons. The van der Waals surface area contributed by atoms with Crippen molar-refractivity contribution >= 4 is 11.6 Å². The molecule has 0 N–H and O–H groups in total. The Morgan fingerprint density at radius 3 is 2.92 bits per heavy atom. The van der Waals surface area contributed by atoms with E-state index in [0.717, 1.165) is 19.4 Å². The molecule has 0 spiro atoms. The van der Waals surface area contributed by atoms with Gasteiger partial charge in [0, 0.05) is 18.7 Å². The number of alkyl halides is 3. The van der Waals surface area contributed by atoms with Gasteiger partial charge in [0.15, 0.2) is 0 Å². The van der Waals surface area contributed by atoms with Crippen molar-refractivity contribution in [2.45, 2.75) is 25.6 Å². The first-order valence-electron chi connectivity index (χ1n) is 7.77. The molecule has 1 fully saturated rings. The Morgan fingerprint density at radius 2 is 2.20 bits per heavy atom. The van der Waals surface area contributed by atoms with Crippen LogP contribution in [-0.4, -0.2) is 39.8 Å². The molecule has 1 aliphatic rings. The number of hydrogen-bond donors (Lipinski definition) is 0. The predicted octanol–water partition coefficient (Wildman–Crippen LogP) is 3.43. The van der Waals surface area contributed by atoms with Crippen molar-refractivity contribution in [2.24, 2.45) is 5.92 Å². The molecule has 3 heterocycles. The van der Waals surface area contributed by atoms with Crippen LogP contribution in [0.25, 0.3) is 0 Å². The third-order valence-corrected chi connectivity index (χ3v) is 4.14. The molecule has 0 saturated carbocycles. The van der Waals surface area contributed by atoms with Crippen LogP contribution in [0.2, 0.25) is 5.02 Å². The van der Waals surface area contributed by atoms with E-state index in [-0.39, 0.29) is 18.4 Å². The molecular formula is C15H16ClF3N4O2. The molecule has 2 aromatic rings. The van der Waals surface area contributed by atoms with Crippen molar-refractivity contribution in [1.82, 2.24) is 20.1 Å². The van der Waals surface area contributed by atoms with Gasteiger partial charge in [-0.15, -0.1) is 10.2 Å². The Morgan fingerprint density at radius 1 is 1.36 bits per heavy atom. The quantitative estimate of drug-likeness (QED) is 0.796. The zero-order valence-corrected chi connectivity index (χ0v) is 13.9. The van der Waals surface area contributed by atoms with E-state index in [0.29, 0.717) is 24.1 Å². The molecule has 0 aliphatic carbocycles. The summed E-state index contributed by atoms with van der Waals surface area (Å²) in [6.07, 6.45) is -1.16. The highest BCUT2D eigenvalue weighted by Gasteiger charge is 2.38. The fourth-order valence-corrected chi connectivity index (χ4v) is 2.90. The molecule has 1 saturated heterocycles. The average molecular weight is 377 g/mol. The number of halogens is 4. The van der Waals surface area contributed by atoms with Crippen LogP contribution in [0.3, 0.4) is 0 Å². The molecule has 1 aliphatic heterocycles. The fourth-order valence-electron chi connectivity index (χ4n) is 2.73. The van der Waals surface area contributed by atoms with E-state index in [9.17, 15) is 13.2 Å². The van der Waals surface area contributed by atoms with Gasteiger partial charge < -0.3 is 9.15 Å². The van der Waals surface area contributed by atoms with Gasteiger partial charge in [0.1, 0.15) is 5.02 Å². The summed E-state index contributed by atoms with van der Waals surface area (Å²) in [6.45, 7) is 2.04. The summed E-state index contributed by atoms with van der Waals surface area (Å²) >= 11 is 6.00. The highest BCUT2D eigenvalue weighted by Crippen LogP contribution is 2.28. The zero-order valence-electron chi connectivity index (χ0n) is 13.2. The SMILES string of the molecule is FC(F)(F)c1nnc(CN2CCCC(COc3ncccc3Cl)C2)o1. The minimum atomic E-state index is -4.62. The Hall–Kier alpha value is -1.87. The minimum absolute atomic E-state index is 0.0401. The van der Waals surface area contributed by atoms with Gasteiger partial charge >= 0.3 is 12.1 Å². The van der Waals surface area contributed by atoms with E-state index in [1.165, 1.54) is 0 Å². The first kappa shape index (κ1) is 17.9. The van der Waals surface area contributed by atoms with Crippen molar-refractivity contribution in [3.05, 3.63) is 35.1 Å². The van der Waals surface area contributed by atoms with Crippen LogP contribution >= 0.6 is 11.6 Å². The van der Waals surface area contributed by atoms with Crippen molar-refractivity contribution in [3.63, 3.8) is 0 Å². The molecule has 10 heteroatoms. The second-order valence-corrected chi connectivity index (χ2v) is 6.25. The minimum Gasteiger partial charge on any atom is -0.476 e. The molecule has 1 atom stereocenters. The number of aromatic nitrogens is 3. The van der Waals surface area contributed by atoms with E-state index < -0.39 is 12.1 Å². The summed E-state index contributed by atoms with van der Waals surface area (Å²) in [5, 5.41) is 6.96. The maximum absolute atomic E-state index is 12.5. The average Bonchev–Trinajstić information content (AvgIpc) is 3.03. The van der Waals surface area contributed by atoms with Crippen LogP contribution in [0.15, 0.2) is 22.7 Å². The fraction of sp³-hybridized carbons (Fsp3) is 0.533. The van der Waals surface area contributed by atoms with Crippen LogP contribution in [0, 0.1) is 5.92 Å². The van der Waals surface area contributed by atoms with Crippen LogP contribution in [0.1, 0.15) is 24.6 Å². The van der Waals surface area contributed by atoms with Crippen LogP contribution in [0.4, 0.5) is 13.2 Å². The molecule has 1 unspecified atom stereocenters. The number of pyridine rings is 1. The number of ether oxygens (including phenoxy) is 1. The molecule has 136 valence electrons. The van der Waals surface area contributed by atoms with Gasteiger partial charge in [-0.25, -0.2) is 4.98 Å². The first-order chi connectivity index (χ1) is 11.9. The van der Waals surface area contributed by atoms with Crippen LogP contribution in [-0.2, 0) is 12.7 Å². The number of likely N-dealkylation sites (tertiary alicyclic amines) is 1. The summed E-state index contributed by atoms with van der Waals surface area (Å²) in [6, 6.07) is 3.42. The maximum Gasteiger partial charge on any atom is 0.470 e. The van der Waals surface area contributed by atoms with E-state index in [2.05, 4.69) is 19.6 Å². The van der Waals surface area contributed by atoms with Gasteiger partial charge in [-0.2, -0.15) is 13.2 Å². The largest absolute Gasteiger partial charge is 0.476 e. The van der Waals surface area contributed by atoms with Gasteiger partial charge in [0.2, 0.25) is 11.8 Å². The molecule has 3 rings (SSSR count). The second kappa shape index (κ2) is 7.57. The third-order valence-electron chi connectivity index (χ3n) is 3.85. The van der Waals surface area contributed by atoms with Crippen molar-refractivity contribution in [3.8, 4) is 5.88 Å². The van der Waals surface area contributed by atoms with Gasteiger partial charge in [-0.1, -0.05) is 11.6 Å². The lowest BCUT2D eigenvalue weighted by Gasteiger charge is -2.31. The second-order valence-electron chi connectivity index (χ2n) is 5.84. The molecule has 2 aromatic heterocycles. The number of rotatable bonds is 5. The normalized spacial score (nSPS) is 19.1. The Labute approximate surface area is 146 Å². The van der Waals surface area contributed by atoms with E-state index in [4.69, 9.17) is 16.3 Å². The highest BCUT2D eigenvalue weighted by molar-refractivity contribution is 6.31. The van der Waals surface area contributed by atoms with Gasteiger partial charge in [0.25, 0.3) is 0 Å². The van der Waals surface area contributed by atoms with Crippen LogP contribution in [0.5, 0.6) is 5.88 Å². The third kappa shape index (κ3) is 4.82. The molecule has 0 bridgehead atoms. The Bertz CT molecular complexity index is 710. The predicted molar refractivity (Wildman–Crippen MR) is 82.0 cm³/mol. The number of nitrogens with zero attached hydrogens (tertiary/aromatic N) is 4. The lowest BCUT2D eigenvalue weighted by molar-refractivity contribution is -0.157. The topological polar surface area (TPSA) is 64.3 Å². The summed E-state index contributed by atoms with van der Waals surface area (Å²) in [4.78, 5) is 6.05. The van der Waals surface area contributed by atoms with Crippen molar-refractivity contribution in [1.29, 1.82) is 0 Å². The smallest absolute Gasteiger partial charge is 0.470 e. The van der Waals surface area contributed by atoms with Gasteiger partial charge in [0.05, 0.1) is 13.2 Å². The lowest BCUT2D eigenvalue weighted by Crippen LogP contribution is -2.37. The first-order valence-corrected chi connectivity index (χ1v) is 8.15.